The average Bonchev–Trinajstić information content (AvgIpc) is 2.75. The van der Waals surface area contributed by atoms with Gasteiger partial charge in [-0.15, -0.1) is 11.3 Å². The molecular weight excluding hydrogens is 245 g/mol. The minimum Gasteiger partial charge on any atom is -0.291 e. The highest BCUT2D eigenvalue weighted by Crippen LogP contribution is 2.27. The molecule has 3 aromatic heterocycles. The molecule has 1 N–H and O–H groups in total. The van der Waals surface area contributed by atoms with Gasteiger partial charge >= 0.3 is 0 Å². The van der Waals surface area contributed by atoms with Crippen molar-refractivity contribution < 1.29 is 9.18 Å². The summed E-state index contributed by atoms with van der Waals surface area (Å²) < 4.78 is 15.1. The summed E-state index contributed by atoms with van der Waals surface area (Å²) in [6, 6.07) is 2.84. The first-order valence-electron chi connectivity index (χ1n) is 4.78. The van der Waals surface area contributed by atoms with Gasteiger partial charge in [0.05, 0.1) is 10.2 Å². The number of carbonyl (C=O) groups is 1. The van der Waals surface area contributed by atoms with E-state index in [1.165, 1.54) is 17.4 Å². The van der Waals surface area contributed by atoms with Crippen LogP contribution >= 0.6 is 11.3 Å². The predicted octanol–water partition coefficient (Wildman–Crippen LogP) is 1.58. The van der Waals surface area contributed by atoms with Gasteiger partial charge in [0.2, 0.25) is 5.82 Å². The van der Waals surface area contributed by atoms with Crippen molar-refractivity contribution in [3.63, 3.8) is 0 Å². The molecule has 0 unspecified atom stereocenters. The Morgan fingerprint density at radius 2 is 2.24 bits per heavy atom. The number of Topliss-reactive ketones (excluding diaryl/α,β-unsaturated/α-hetero) is 1. The van der Waals surface area contributed by atoms with Crippen LogP contribution in [0, 0.1) is 5.13 Å². The summed E-state index contributed by atoms with van der Waals surface area (Å²) in [7, 11) is 0. The third-order valence-electron chi connectivity index (χ3n) is 2.48. The van der Waals surface area contributed by atoms with Crippen LogP contribution < -0.4 is 5.56 Å². The maximum absolute atomic E-state index is 13.1. The maximum atomic E-state index is 13.1. The smallest absolute Gasteiger partial charge is 0.288 e. The monoisotopic (exact) mass is 251 g/mol. The Labute approximate surface area is 97.5 Å². The number of hydrogen-bond donors (Lipinski definition) is 1. The van der Waals surface area contributed by atoms with E-state index in [0.29, 0.717) is 15.7 Å². The number of rotatable bonds is 1. The molecule has 0 atom stereocenters. The normalized spacial score (nSPS) is 11.4. The number of ketones is 1. The molecule has 17 heavy (non-hydrogen) atoms. The van der Waals surface area contributed by atoms with Crippen molar-refractivity contribution in [3.8, 4) is 0 Å². The van der Waals surface area contributed by atoms with Gasteiger partial charge in [0, 0.05) is 13.0 Å². The molecular formula is C10H6FN3O2S. The van der Waals surface area contributed by atoms with Crippen molar-refractivity contribution in [1.29, 1.82) is 0 Å². The lowest BCUT2D eigenvalue weighted by molar-refractivity contribution is 0.100. The molecule has 0 saturated heterocycles. The highest BCUT2D eigenvalue weighted by atomic mass is 32.1. The van der Waals surface area contributed by atoms with Crippen molar-refractivity contribution >= 4 is 32.9 Å². The van der Waals surface area contributed by atoms with Crippen LogP contribution in [0.1, 0.15) is 17.5 Å². The van der Waals surface area contributed by atoms with E-state index in [1.54, 1.807) is 6.07 Å². The number of halogens is 1. The highest BCUT2D eigenvalue weighted by Gasteiger charge is 2.16. The van der Waals surface area contributed by atoms with E-state index in [1.807, 2.05) is 0 Å². The lowest BCUT2D eigenvalue weighted by Gasteiger charge is -2.00. The molecule has 0 fully saturated rings. The fraction of sp³-hybridized carbons (Fsp3) is 0.100. The summed E-state index contributed by atoms with van der Waals surface area (Å²) in [5.74, 6) is -0.206. The Bertz CT molecular complexity index is 814. The largest absolute Gasteiger partial charge is 0.291 e. The third-order valence-corrected chi connectivity index (χ3v) is 3.34. The second-order valence-corrected chi connectivity index (χ2v) is 4.63. The van der Waals surface area contributed by atoms with E-state index in [-0.39, 0.29) is 16.7 Å². The van der Waals surface area contributed by atoms with Gasteiger partial charge in [0.1, 0.15) is 5.52 Å². The molecule has 0 aliphatic rings. The predicted molar refractivity (Wildman–Crippen MR) is 61.2 cm³/mol. The number of fused-ring (bicyclic) bond motifs is 3. The third kappa shape index (κ3) is 1.32. The lowest BCUT2D eigenvalue weighted by atomic mass is 10.4. The molecule has 3 heterocycles. The fourth-order valence-corrected chi connectivity index (χ4v) is 2.61. The van der Waals surface area contributed by atoms with Crippen LogP contribution in [-0.4, -0.2) is 20.4 Å². The number of aromatic nitrogens is 3. The van der Waals surface area contributed by atoms with Crippen molar-refractivity contribution in [2.45, 2.75) is 6.92 Å². The highest BCUT2D eigenvalue weighted by molar-refractivity contribution is 7.17. The number of nitrogens with zero attached hydrogens (tertiary/aromatic N) is 2. The van der Waals surface area contributed by atoms with Crippen LogP contribution in [0.15, 0.2) is 16.9 Å². The minimum absolute atomic E-state index is 0.0902. The quantitative estimate of drug-likeness (QED) is 0.668. The van der Waals surface area contributed by atoms with Crippen LogP contribution in [0.4, 0.5) is 4.39 Å². The summed E-state index contributed by atoms with van der Waals surface area (Å²) in [6.45, 7) is 1.34. The number of nitrogens with one attached hydrogen (secondary N) is 1. The summed E-state index contributed by atoms with van der Waals surface area (Å²) >= 11 is 0.928. The number of hydrogen-bond acceptors (Lipinski definition) is 4. The Balaban J connectivity index is 2.62. The minimum atomic E-state index is -0.404. The van der Waals surface area contributed by atoms with Gasteiger partial charge in [0.25, 0.3) is 5.56 Å². The number of H-pyrrole nitrogens is 1. The van der Waals surface area contributed by atoms with Crippen LogP contribution in [0.5, 0.6) is 0 Å². The first kappa shape index (κ1) is 10.2. The summed E-state index contributed by atoms with van der Waals surface area (Å²) in [5, 5.41) is 5.59. The molecule has 0 bridgehead atoms. The van der Waals surface area contributed by atoms with Crippen molar-refractivity contribution in [2.75, 3.05) is 0 Å². The first-order chi connectivity index (χ1) is 8.08. The van der Waals surface area contributed by atoms with Gasteiger partial charge in [-0.3, -0.25) is 14.0 Å². The molecule has 0 aromatic carbocycles. The van der Waals surface area contributed by atoms with Gasteiger partial charge in [-0.2, -0.15) is 9.49 Å². The number of thiophene rings is 1. The summed E-state index contributed by atoms with van der Waals surface area (Å²) in [4.78, 5) is 23.0. The van der Waals surface area contributed by atoms with E-state index >= 15 is 0 Å². The molecule has 0 aliphatic heterocycles. The van der Waals surface area contributed by atoms with Gasteiger partial charge in [-0.1, -0.05) is 0 Å². The first-order valence-corrected chi connectivity index (χ1v) is 5.59. The molecule has 7 heteroatoms. The molecule has 5 nitrogen and oxygen atoms in total. The average molecular weight is 251 g/mol. The van der Waals surface area contributed by atoms with E-state index in [2.05, 4.69) is 10.2 Å². The Morgan fingerprint density at radius 1 is 1.47 bits per heavy atom. The zero-order valence-corrected chi connectivity index (χ0v) is 9.47. The van der Waals surface area contributed by atoms with E-state index in [9.17, 15) is 14.0 Å². The van der Waals surface area contributed by atoms with E-state index in [4.69, 9.17) is 0 Å². The summed E-state index contributed by atoms with van der Waals surface area (Å²) in [5.41, 5.74) is 0.386. The Morgan fingerprint density at radius 3 is 2.94 bits per heavy atom. The molecule has 0 radical (unpaired) electrons. The SMILES string of the molecule is CC(=O)c1n[nH]c(=O)c2cc3sc(F)cc3n12. The van der Waals surface area contributed by atoms with Crippen LogP contribution in [0.3, 0.4) is 0 Å². The van der Waals surface area contributed by atoms with Gasteiger partial charge in [-0.05, 0) is 6.07 Å². The molecule has 0 aliphatic carbocycles. The molecule has 3 rings (SSSR count). The van der Waals surface area contributed by atoms with Gasteiger partial charge < -0.3 is 0 Å². The molecule has 0 spiro atoms. The molecule has 3 aromatic rings. The van der Waals surface area contributed by atoms with Gasteiger partial charge in [-0.25, -0.2) is 5.10 Å². The topological polar surface area (TPSA) is 67.2 Å². The second kappa shape index (κ2) is 3.24. The Hall–Kier alpha value is -2.02. The number of aromatic amines is 1. The van der Waals surface area contributed by atoms with Gasteiger partial charge in [0.15, 0.2) is 10.9 Å². The van der Waals surface area contributed by atoms with Crippen molar-refractivity contribution in [2.24, 2.45) is 0 Å². The molecule has 86 valence electrons. The standard InChI is InChI=1S/C10H6FN3O2S/c1-4(15)9-12-13-10(16)6-2-7-5(14(6)9)3-8(11)17-7/h2-3H,1H3,(H,13,16). The lowest BCUT2D eigenvalue weighted by Crippen LogP contribution is -2.17. The fourth-order valence-electron chi connectivity index (χ4n) is 1.80. The van der Waals surface area contributed by atoms with Crippen LogP contribution in [-0.2, 0) is 0 Å². The van der Waals surface area contributed by atoms with E-state index < -0.39 is 5.56 Å². The van der Waals surface area contributed by atoms with E-state index in [0.717, 1.165) is 11.3 Å². The molecule has 0 amide bonds. The van der Waals surface area contributed by atoms with Crippen LogP contribution in [0.2, 0.25) is 0 Å². The van der Waals surface area contributed by atoms with Crippen LogP contribution in [0.25, 0.3) is 15.7 Å². The maximum Gasteiger partial charge on any atom is 0.288 e. The zero-order chi connectivity index (χ0) is 12.2. The Kier molecular flexibility index (Phi) is 1.93. The number of carbonyl (C=O) groups excluding carboxylic acids is 1. The summed E-state index contributed by atoms with van der Waals surface area (Å²) in [6.07, 6.45) is 0. The van der Waals surface area contributed by atoms with Crippen molar-refractivity contribution in [3.05, 3.63) is 33.4 Å². The van der Waals surface area contributed by atoms with Crippen molar-refractivity contribution in [1.82, 2.24) is 14.6 Å². The second-order valence-electron chi connectivity index (χ2n) is 3.60. The zero-order valence-electron chi connectivity index (χ0n) is 8.65. The molecule has 0 saturated carbocycles.